The number of nitrogens with zero attached hydrogens (tertiary/aromatic N) is 2. The first-order valence-corrected chi connectivity index (χ1v) is 4.38. The van der Waals surface area contributed by atoms with E-state index < -0.39 is 15.5 Å². The third-order valence-electron chi connectivity index (χ3n) is 1.68. The summed E-state index contributed by atoms with van der Waals surface area (Å²) in [5.74, 6) is -0.0579. The predicted octanol–water partition coefficient (Wildman–Crippen LogP) is 1.41. The molecular weight excluding hydrogens is 218 g/mol. The van der Waals surface area contributed by atoms with E-state index in [9.17, 15) is 20.2 Å². The van der Waals surface area contributed by atoms with Crippen molar-refractivity contribution in [2.75, 3.05) is 6.54 Å². The standard InChI is InChI=1S/C8H9N3O5/c1-2-9-16-8-4-3-6(10(12)13)5-7(8)11(14)15/h3-5,9H,2H2,1H3. The van der Waals surface area contributed by atoms with Gasteiger partial charge in [-0.3, -0.25) is 20.2 Å². The summed E-state index contributed by atoms with van der Waals surface area (Å²) in [7, 11) is 0. The van der Waals surface area contributed by atoms with Gasteiger partial charge in [0.2, 0.25) is 5.75 Å². The van der Waals surface area contributed by atoms with Crippen LogP contribution in [-0.2, 0) is 0 Å². The second-order valence-corrected chi connectivity index (χ2v) is 2.77. The first-order chi connectivity index (χ1) is 7.56. The second-order valence-electron chi connectivity index (χ2n) is 2.77. The molecule has 0 heterocycles. The third-order valence-corrected chi connectivity index (χ3v) is 1.68. The Kier molecular flexibility index (Phi) is 3.72. The highest BCUT2D eigenvalue weighted by molar-refractivity contribution is 5.53. The van der Waals surface area contributed by atoms with Crippen molar-refractivity contribution < 1.29 is 14.7 Å². The van der Waals surface area contributed by atoms with Gasteiger partial charge in [-0.1, -0.05) is 0 Å². The highest BCUT2D eigenvalue weighted by Gasteiger charge is 2.20. The van der Waals surface area contributed by atoms with Gasteiger partial charge in [-0.05, 0) is 13.0 Å². The van der Waals surface area contributed by atoms with Gasteiger partial charge >= 0.3 is 5.69 Å². The molecule has 0 fully saturated rings. The topological polar surface area (TPSA) is 108 Å². The Labute approximate surface area is 90.1 Å². The maximum atomic E-state index is 10.6. The molecule has 0 saturated carbocycles. The molecule has 1 aromatic carbocycles. The van der Waals surface area contributed by atoms with Gasteiger partial charge in [0, 0.05) is 12.6 Å². The maximum absolute atomic E-state index is 10.6. The van der Waals surface area contributed by atoms with E-state index in [-0.39, 0.29) is 11.4 Å². The molecule has 0 aromatic heterocycles. The van der Waals surface area contributed by atoms with Crippen molar-refractivity contribution in [3.8, 4) is 5.75 Å². The molecule has 0 amide bonds. The fourth-order valence-electron chi connectivity index (χ4n) is 0.998. The molecule has 1 rings (SSSR count). The van der Waals surface area contributed by atoms with Gasteiger partial charge in [0.15, 0.2) is 0 Å². The maximum Gasteiger partial charge on any atom is 0.320 e. The smallest absolute Gasteiger partial charge is 0.320 e. The van der Waals surface area contributed by atoms with Crippen LogP contribution in [0.5, 0.6) is 5.75 Å². The molecule has 0 atom stereocenters. The number of hydrogen-bond donors (Lipinski definition) is 1. The molecule has 0 aliphatic heterocycles. The fraction of sp³-hybridized carbons (Fsp3) is 0.250. The van der Waals surface area contributed by atoms with E-state index >= 15 is 0 Å². The molecule has 86 valence electrons. The van der Waals surface area contributed by atoms with Crippen LogP contribution in [0.2, 0.25) is 0 Å². The average molecular weight is 227 g/mol. The Bertz CT molecular complexity index is 420. The predicted molar refractivity (Wildman–Crippen MR) is 54.1 cm³/mol. The molecule has 0 bridgehead atoms. The molecule has 0 unspecified atom stereocenters. The van der Waals surface area contributed by atoms with Crippen LogP contribution < -0.4 is 10.3 Å². The minimum Gasteiger partial charge on any atom is -0.401 e. The van der Waals surface area contributed by atoms with E-state index in [0.29, 0.717) is 6.54 Å². The van der Waals surface area contributed by atoms with Crippen LogP contribution in [0.1, 0.15) is 6.92 Å². The van der Waals surface area contributed by atoms with Crippen LogP contribution in [0, 0.1) is 20.2 Å². The van der Waals surface area contributed by atoms with E-state index in [1.165, 1.54) is 6.07 Å². The Hall–Kier alpha value is -2.22. The van der Waals surface area contributed by atoms with Crippen LogP contribution in [0.3, 0.4) is 0 Å². The van der Waals surface area contributed by atoms with Crippen molar-refractivity contribution in [2.24, 2.45) is 0 Å². The minimum atomic E-state index is -0.736. The molecule has 0 spiro atoms. The van der Waals surface area contributed by atoms with Crippen LogP contribution in [0.25, 0.3) is 0 Å². The number of benzene rings is 1. The number of nitro groups is 2. The number of nitro benzene ring substituents is 2. The van der Waals surface area contributed by atoms with Crippen molar-refractivity contribution >= 4 is 11.4 Å². The number of non-ortho nitro benzene ring substituents is 1. The van der Waals surface area contributed by atoms with Gasteiger partial charge in [-0.2, -0.15) is 5.48 Å². The zero-order valence-corrected chi connectivity index (χ0v) is 8.37. The lowest BCUT2D eigenvalue weighted by molar-refractivity contribution is -0.394. The van der Waals surface area contributed by atoms with Crippen molar-refractivity contribution in [3.05, 3.63) is 38.4 Å². The highest BCUT2D eigenvalue weighted by Crippen LogP contribution is 2.30. The fourth-order valence-corrected chi connectivity index (χ4v) is 0.998. The molecule has 0 aliphatic rings. The molecule has 1 N–H and O–H groups in total. The largest absolute Gasteiger partial charge is 0.401 e. The molecule has 16 heavy (non-hydrogen) atoms. The van der Waals surface area contributed by atoms with E-state index in [4.69, 9.17) is 4.84 Å². The van der Waals surface area contributed by atoms with Crippen LogP contribution in [0.15, 0.2) is 18.2 Å². The quantitative estimate of drug-likeness (QED) is 0.601. The van der Waals surface area contributed by atoms with Gasteiger partial charge in [-0.15, -0.1) is 0 Å². The summed E-state index contributed by atoms with van der Waals surface area (Å²) in [6.45, 7) is 2.20. The van der Waals surface area contributed by atoms with Crippen molar-refractivity contribution in [1.29, 1.82) is 0 Å². The average Bonchev–Trinajstić information content (AvgIpc) is 2.25. The number of hydroxylamine groups is 1. The Balaban J connectivity index is 3.09. The van der Waals surface area contributed by atoms with E-state index in [2.05, 4.69) is 5.48 Å². The van der Waals surface area contributed by atoms with Gasteiger partial charge in [0.1, 0.15) is 0 Å². The zero-order valence-electron chi connectivity index (χ0n) is 8.37. The summed E-state index contributed by atoms with van der Waals surface area (Å²) in [4.78, 5) is 24.5. The summed E-state index contributed by atoms with van der Waals surface area (Å²) >= 11 is 0. The van der Waals surface area contributed by atoms with Gasteiger partial charge in [0.25, 0.3) is 5.69 Å². The summed E-state index contributed by atoms with van der Waals surface area (Å²) in [5.41, 5.74) is 1.63. The number of hydrogen-bond acceptors (Lipinski definition) is 6. The van der Waals surface area contributed by atoms with Crippen molar-refractivity contribution in [3.63, 3.8) is 0 Å². The minimum absolute atomic E-state index is 0.0579. The van der Waals surface area contributed by atoms with Crippen LogP contribution in [0.4, 0.5) is 11.4 Å². The number of rotatable bonds is 5. The SMILES string of the molecule is CCNOc1ccc([N+](=O)[O-])cc1[N+](=O)[O-]. The van der Waals surface area contributed by atoms with E-state index in [1.54, 1.807) is 6.92 Å². The Morgan fingerprint density at radius 1 is 1.31 bits per heavy atom. The molecule has 8 heteroatoms. The highest BCUT2D eigenvalue weighted by atomic mass is 16.7. The van der Waals surface area contributed by atoms with Crippen LogP contribution in [-0.4, -0.2) is 16.4 Å². The van der Waals surface area contributed by atoms with Crippen molar-refractivity contribution in [2.45, 2.75) is 6.92 Å². The Morgan fingerprint density at radius 3 is 2.50 bits per heavy atom. The number of nitrogens with one attached hydrogen (secondary N) is 1. The summed E-state index contributed by atoms with van der Waals surface area (Å²) in [6, 6.07) is 3.17. The van der Waals surface area contributed by atoms with E-state index in [1.807, 2.05) is 0 Å². The zero-order chi connectivity index (χ0) is 12.1. The lowest BCUT2D eigenvalue weighted by Gasteiger charge is -2.04. The molecule has 1 aromatic rings. The van der Waals surface area contributed by atoms with Crippen LogP contribution >= 0.6 is 0 Å². The van der Waals surface area contributed by atoms with Crippen molar-refractivity contribution in [1.82, 2.24) is 5.48 Å². The van der Waals surface area contributed by atoms with Gasteiger partial charge in [-0.25, -0.2) is 0 Å². The summed E-state index contributed by atoms with van der Waals surface area (Å²) in [5, 5.41) is 21.1. The molecule has 8 nitrogen and oxygen atoms in total. The first kappa shape index (κ1) is 11.9. The molecule has 0 saturated heterocycles. The molecule has 0 aliphatic carbocycles. The summed E-state index contributed by atoms with van der Waals surface area (Å²) < 4.78 is 0. The molecular formula is C8H9N3O5. The monoisotopic (exact) mass is 227 g/mol. The third kappa shape index (κ3) is 2.64. The second kappa shape index (κ2) is 5.03. The van der Waals surface area contributed by atoms with Gasteiger partial charge in [0.05, 0.1) is 15.9 Å². The van der Waals surface area contributed by atoms with Gasteiger partial charge < -0.3 is 4.84 Å². The molecule has 0 radical (unpaired) electrons. The summed E-state index contributed by atoms with van der Waals surface area (Å²) in [6.07, 6.45) is 0. The first-order valence-electron chi connectivity index (χ1n) is 4.38. The lowest BCUT2D eigenvalue weighted by atomic mass is 10.2. The normalized spacial score (nSPS) is 9.81. The van der Waals surface area contributed by atoms with E-state index in [0.717, 1.165) is 12.1 Å². The Morgan fingerprint density at radius 2 is 2.00 bits per heavy atom. The lowest BCUT2D eigenvalue weighted by Crippen LogP contribution is -2.17.